The van der Waals surface area contributed by atoms with Gasteiger partial charge in [-0.2, -0.15) is 5.10 Å². The molecule has 0 radical (unpaired) electrons. The Kier molecular flexibility index (Phi) is 9.45. The summed E-state index contributed by atoms with van der Waals surface area (Å²) < 4.78 is 1.89. The molecule has 5 rings (SSSR count). The molecule has 40 heavy (non-hydrogen) atoms. The van der Waals surface area contributed by atoms with E-state index in [4.69, 9.17) is 0 Å². The molecule has 1 aliphatic carbocycles. The number of fused-ring (bicyclic) bond motifs is 2. The molecule has 0 bridgehead atoms. The van der Waals surface area contributed by atoms with Crippen molar-refractivity contribution in [2.75, 3.05) is 38.0 Å². The molecule has 8 nitrogen and oxygen atoms in total. The van der Waals surface area contributed by atoms with Gasteiger partial charge in [0.1, 0.15) is 5.82 Å². The van der Waals surface area contributed by atoms with Crippen molar-refractivity contribution < 1.29 is 9.59 Å². The van der Waals surface area contributed by atoms with Crippen molar-refractivity contribution in [3.05, 3.63) is 46.6 Å². The minimum Gasteiger partial charge on any atom is -0.365 e. The lowest BCUT2D eigenvalue weighted by Crippen LogP contribution is -2.49. The first-order valence-electron chi connectivity index (χ1n) is 15.6. The lowest BCUT2D eigenvalue weighted by molar-refractivity contribution is -0.132. The van der Waals surface area contributed by atoms with Gasteiger partial charge in [0.15, 0.2) is 0 Å². The molecule has 2 fully saturated rings. The predicted octanol–water partition coefficient (Wildman–Crippen LogP) is 4.76. The van der Waals surface area contributed by atoms with E-state index in [1.807, 2.05) is 35.0 Å². The fourth-order valence-corrected chi connectivity index (χ4v) is 6.79. The third-order valence-corrected chi connectivity index (χ3v) is 9.32. The minimum absolute atomic E-state index is 0.0914. The molecule has 0 spiro atoms. The Balaban J connectivity index is 1.17. The molecular weight excluding hydrogens is 500 g/mol. The van der Waals surface area contributed by atoms with E-state index in [0.29, 0.717) is 19.4 Å². The Bertz CT molecular complexity index is 1170. The molecule has 2 aliphatic heterocycles. The van der Waals surface area contributed by atoms with Crippen LogP contribution in [-0.4, -0.2) is 81.1 Å². The molecule has 1 N–H and O–H groups in total. The Labute approximate surface area is 240 Å². The summed E-state index contributed by atoms with van der Waals surface area (Å²) >= 11 is 0. The largest absolute Gasteiger partial charge is 0.365 e. The average Bonchev–Trinajstić information content (AvgIpc) is 3.22. The number of nitrogens with zero attached hydrogens (tertiary/aromatic N) is 5. The molecule has 218 valence electrons. The van der Waals surface area contributed by atoms with Gasteiger partial charge in [-0.05, 0) is 62.4 Å². The standard InChI is InChI=1S/C32H48N6O2/c1-4-5-6-9-16-36-17-19-37(20-18-36)30(39)15-14-25-12-13-26(21-24(25)2)32(40)38-23-27-22-33-35(3)31(27)34-28-10-7-8-11-29(28)38/h12-13,21-22,28-29,34H,4-11,14-20,23H2,1-3H3. The summed E-state index contributed by atoms with van der Waals surface area (Å²) in [5, 5.41) is 8.15. The van der Waals surface area contributed by atoms with Gasteiger partial charge >= 0.3 is 0 Å². The predicted molar refractivity (Wildman–Crippen MR) is 159 cm³/mol. The van der Waals surface area contributed by atoms with Gasteiger partial charge in [0.2, 0.25) is 5.91 Å². The summed E-state index contributed by atoms with van der Waals surface area (Å²) in [5.41, 5.74) is 4.06. The Morgan fingerprint density at radius 3 is 2.62 bits per heavy atom. The first-order chi connectivity index (χ1) is 19.4. The van der Waals surface area contributed by atoms with E-state index in [1.165, 1.54) is 32.1 Å². The Hall–Kier alpha value is -2.87. The van der Waals surface area contributed by atoms with Crippen LogP contribution in [0, 0.1) is 6.92 Å². The number of aryl methyl sites for hydroxylation is 3. The van der Waals surface area contributed by atoms with Gasteiger partial charge in [0.25, 0.3) is 5.91 Å². The fourth-order valence-electron chi connectivity index (χ4n) is 6.79. The van der Waals surface area contributed by atoms with Crippen LogP contribution in [0.5, 0.6) is 0 Å². The van der Waals surface area contributed by atoms with Gasteiger partial charge in [-0.1, -0.05) is 45.1 Å². The molecule has 1 aromatic heterocycles. The van der Waals surface area contributed by atoms with Crippen LogP contribution in [0.1, 0.15) is 91.8 Å². The number of rotatable bonds is 9. The van der Waals surface area contributed by atoms with Crippen molar-refractivity contribution in [1.29, 1.82) is 0 Å². The topological polar surface area (TPSA) is 73.7 Å². The molecule has 1 aromatic carbocycles. The average molecular weight is 549 g/mol. The monoisotopic (exact) mass is 548 g/mol. The number of amides is 2. The highest BCUT2D eigenvalue weighted by atomic mass is 16.2. The van der Waals surface area contributed by atoms with Crippen molar-refractivity contribution in [2.24, 2.45) is 7.05 Å². The van der Waals surface area contributed by atoms with Crippen LogP contribution < -0.4 is 5.32 Å². The zero-order valence-electron chi connectivity index (χ0n) is 24.8. The van der Waals surface area contributed by atoms with Crippen molar-refractivity contribution in [1.82, 2.24) is 24.5 Å². The first kappa shape index (κ1) is 28.7. The van der Waals surface area contributed by atoms with E-state index >= 15 is 0 Å². The number of hydrogen-bond acceptors (Lipinski definition) is 5. The number of piperazine rings is 1. The van der Waals surface area contributed by atoms with Crippen molar-refractivity contribution >= 4 is 17.6 Å². The highest BCUT2D eigenvalue weighted by molar-refractivity contribution is 5.95. The molecule has 8 heteroatoms. The molecule has 2 aromatic rings. The molecular formula is C32H48N6O2. The maximum Gasteiger partial charge on any atom is 0.254 e. The quantitative estimate of drug-likeness (QED) is 0.457. The van der Waals surface area contributed by atoms with E-state index in [9.17, 15) is 9.59 Å². The second-order valence-electron chi connectivity index (χ2n) is 12.1. The van der Waals surface area contributed by atoms with Gasteiger partial charge in [-0.15, -0.1) is 0 Å². The second-order valence-corrected chi connectivity index (χ2v) is 12.1. The van der Waals surface area contributed by atoms with E-state index in [2.05, 4.69) is 40.1 Å². The van der Waals surface area contributed by atoms with Gasteiger partial charge < -0.3 is 15.1 Å². The Morgan fingerprint density at radius 1 is 1.05 bits per heavy atom. The van der Waals surface area contributed by atoms with E-state index in [1.54, 1.807) is 0 Å². The van der Waals surface area contributed by atoms with Gasteiger partial charge in [0, 0.05) is 56.8 Å². The number of carbonyl (C=O) groups excluding carboxylic acids is 2. The highest BCUT2D eigenvalue weighted by Gasteiger charge is 2.37. The maximum absolute atomic E-state index is 13.9. The van der Waals surface area contributed by atoms with Gasteiger partial charge in [-0.25, -0.2) is 0 Å². The fraction of sp³-hybridized carbons (Fsp3) is 0.656. The number of hydrogen-bond donors (Lipinski definition) is 1. The van der Waals surface area contributed by atoms with Gasteiger partial charge in [0.05, 0.1) is 18.8 Å². The molecule has 1 saturated carbocycles. The lowest BCUT2D eigenvalue weighted by atomic mass is 9.89. The van der Waals surface area contributed by atoms with Gasteiger partial charge in [-0.3, -0.25) is 19.2 Å². The summed E-state index contributed by atoms with van der Waals surface area (Å²) in [6.45, 7) is 9.71. The minimum atomic E-state index is 0.0914. The van der Waals surface area contributed by atoms with Crippen LogP contribution in [0.4, 0.5) is 5.82 Å². The molecule has 2 unspecified atom stereocenters. The third-order valence-electron chi connectivity index (χ3n) is 9.32. The lowest BCUT2D eigenvalue weighted by Gasteiger charge is -2.38. The third kappa shape index (κ3) is 6.54. The zero-order valence-corrected chi connectivity index (χ0v) is 24.8. The number of benzene rings is 1. The number of unbranched alkanes of at least 4 members (excludes halogenated alkanes) is 3. The number of carbonyl (C=O) groups is 2. The van der Waals surface area contributed by atoms with E-state index in [-0.39, 0.29) is 23.9 Å². The van der Waals surface area contributed by atoms with Crippen LogP contribution in [-0.2, 0) is 24.8 Å². The highest BCUT2D eigenvalue weighted by Crippen LogP contribution is 2.33. The van der Waals surface area contributed by atoms with Crippen LogP contribution in [0.25, 0.3) is 0 Å². The first-order valence-corrected chi connectivity index (χ1v) is 15.6. The zero-order chi connectivity index (χ0) is 28.1. The van der Waals surface area contributed by atoms with E-state index < -0.39 is 0 Å². The second kappa shape index (κ2) is 13.2. The molecule has 3 heterocycles. The number of aromatic nitrogens is 2. The summed E-state index contributed by atoms with van der Waals surface area (Å²) in [7, 11) is 1.96. The summed E-state index contributed by atoms with van der Waals surface area (Å²) in [4.78, 5) is 33.5. The molecule has 2 atom stereocenters. The summed E-state index contributed by atoms with van der Waals surface area (Å²) in [6, 6.07) is 6.49. The van der Waals surface area contributed by atoms with Crippen molar-refractivity contribution in [3.8, 4) is 0 Å². The number of nitrogens with one attached hydrogen (secondary N) is 1. The van der Waals surface area contributed by atoms with Crippen LogP contribution >= 0.6 is 0 Å². The normalized spacial score (nSPS) is 21.4. The smallest absolute Gasteiger partial charge is 0.254 e. The van der Waals surface area contributed by atoms with Crippen LogP contribution in [0.2, 0.25) is 0 Å². The molecule has 1 saturated heterocycles. The van der Waals surface area contributed by atoms with Crippen LogP contribution in [0.3, 0.4) is 0 Å². The molecule has 2 amide bonds. The summed E-state index contributed by atoms with van der Waals surface area (Å²) in [5.74, 6) is 1.38. The maximum atomic E-state index is 13.9. The Morgan fingerprint density at radius 2 is 1.85 bits per heavy atom. The molecule has 3 aliphatic rings. The van der Waals surface area contributed by atoms with E-state index in [0.717, 1.165) is 80.1 Å². The SMILES string of the molecule is CCCCCCN1CCN(C(=O)CCc2ccc(C(=O)N3Cc4cnn(C)c4NC4CCCCC43)cc2C)CC1. The summed E-state index contributed by atoms with van der Waals surface area (Å²) in [6.07, 6.45) is 12.7. The van der Waals surface area contributed by atoms with Crippen molar-refractivity contribution in [2.45, 2.75) is 96.7 Å². The van der Waals surface area contributed by atoms with Crippen LogP contribution in [0.15, 0.2) is 24.4 Å². The van der Waals surface area contributed by atoms with Crippen molar-refractivity contribution in [3.63, 3.8) is 0 Å². The number of anilines is 1.